The Labute approximate surface area is 80.0 Å². The van der Waals surface area contributed by atoms with Crippen molar-refractivity contribution in [3.05, 3.63) is 24.1 Å². The number of hydrogen-bond acceptors (Lipinski definition) is 2. The standard InChI is InChI=1S/C7H8F3NO.ClH/c1-2-12-6-4-3-5-11(10)7(6,8)9;/h3-5H,2H2,1H3;1H. The Kier molecular flexibility index (Phi) is 4.13. The molecule has 0 aromatic rings. The molecule has 1 heterocycles. The van der Waals surface area contributed by atoms with Gasteiger partial charge in [-0.25, -0.2) is 0 Å². The van der Waals surface area contributed by atoms with Crippen molar-refractivity contribution in [2.24, 2.45) is 0 Å². The molecule has 13 heavy (non-hydrogen) atoms. The lowest BCUT2D eigenvalue weighted by atomic mass is 10.3. The second-order valence-electron chi connectivity index (χ2n) is 2.16. The van der Waals surface area contributed by atoms with Crippen LogP contribution in [0, 0.1) is 0 Å². The van der Waals surface area contributed by atoms with E-state index in [0.29, 0.717) is 6.20 Å². The van der Waals surface area contributed by atoms with Gasteiger partial charge < -0.3 is 4.74 Å². The Balaban J connectivity index is 0.00000144. The number of alkyl halides is 2. The molecule has 0 bridgehead atoms. The maximum Gasteiger partial charge on any atom is 0.408 e. The molecule has 1 aliphatic heterocycles. The molecule has 0 aromatic heterocycles. The number of allylic oxidation sites excluding steroid dienone is 2. The molecule has 0 spiro atoms. The van der Waals surface area contributed by atoms with E-state index in [9.17, 15) is 13.3 Å². The van der Waals surface area contributed by atoms with Crippen LogP contribution in [0.15, 0.2) is 24.1 Å². The Morgan fingerprint density at radius 3 is 2.69 bits per heavy atom. The van der Waals surface area contributed by atoms with Gasteiger partial charge in [-0.05, 0) is 19.1 Å². The van der Waals surface area contributed by atoms with E-state index in [0.717, 1.165) is 12.2 Å². The van der Waals surface area contributed by atoms with Crippen molar-refractivity contribution in [3.63, 3.8) is 0 Å². The second-order valence-corrected chi connectivity index (χ2v) is 2.16. The van der Waals surface area contributed by atoms with Crippen molar-refractivity contribution >= 4 is 12.4 Å². The summed E-state index contributed by atoms with van der Waals surface area (Å²) in [6, 6.07) is -3.68. The SMILES string of the molecule is CCOC1=CC=CN(F)C1(F)F.Cl. The Hall–Kier alpha value is -0.840. The lowest BCUT2D eigenvalue weighted by Gasteiger charge is -2.25. The van der Waals surface area contributed by atoms with Gasteiger partial charge in [0.2, 0.25) is 0 Å². The highest BCUT2D eigenvalue weighted by Crippen LogP contribution is 2.32. The van der Waals surface area contributed by atoms with Crippen molar-refractivity contribution in [1.82, 2.24) is 5.12 Å². The van der Waals surface area contributed by atoms with Gasteiger partial charge in [0.15, 0.2) is 5.76 Å². The molecule has 0 saturated heterocycles. The third kappa shape index (κ3) is 2.30. The summed E-state index contributed by atoms with van der Waals surface area (Å²) in [7, 11) is 0. The zero-order chi connectivity index (χ0) is 9.19. The van der Waals surface area contributed by atoms with E-state index in [2.05, 4.69) is 4.74 Å². The number of halogens is 4. The molecule has 0 fully saturated rings. The minimum atomic E-state index is -3.68. The van der Waals surface area contributed by atoms with Crippen molar-refractivity contribution in [2.75, 3.05) is 6.61 Å². The molecule has 0 aliphatic carbocycles. The number of nitrogens with zero attached hydrogens (tertiary/aromatic N) is 1. The minimum Gasteiger partial charge on any atom is -0.490 e. The van der Waals surface area contributed by atoms with Gasteiger partial charge >= 0.3 is 6.05 Å². The zero-order valence-corrected chi connectivity index (χ0v) is 7.65. The van der Waals surface area contributed by atoms with Crippen LogP contribution in [0.2, 0.25) is 0 Å². The van der Waals surface area contributed by atoms with Crippen LogP contribution in [-0.4, -0.2) is 17.8 Å². The van der Waals surface area contributed by atoms with Gasteiger partial charge in [-0.2, -0.15) is 8.78 Å². The largest absolute Gasteiger partial charge is 0.490 e. The van der Waals surface area contributed by atoms with E-state index in [4.69, 9.17) is 0 Å². The maximum absolute atomic E-state index is 12.8. The molecule has 0 saturated carbocycles. The molecule has 1 aliphatic rings. The second kappa shape index (κ2) is 4.41. The van der Waals surface area contributed by atoms with E-state index < -0.39 is 16.9 Å². The third-order valence-corrected chi connectivity index (χ3v) is 1.33. The van der Waals surface area contributed by atoms with Crippen LogP contribution in [0.1, 0.15) is 6.92 Å². The molecule has 0 N–H and O–H groups in total. The normalized spacial score (nSPS) is 19.1. The van der Waals surface area contributed by atoms with E-state index in [1.165, 1.54) is 0 Å². The first-order chi connectivity index (χ1) is 5.59. The monoisotopic (exact) mass is 215 g/mol. The van der Waals surface area contributed by atoms with Gasteiger partial charge in [0.05, 0.1) is 6.61 Å². The first-order valence-electron chi connectivity index (χ1n) is 3.43. The fourth-order valence-corrected chi connectivity index (χ4v) is 0.796. The highest BCUT2D eigenvalue weighted by molar-refractivity contribution is 5.85. The van der Waals surface area contributed by atoms with Gasteiger partial charge in [-0.3, -0.25) is 0 Å². The minimum absolute atomic E-state index is 0. The lowest BCUT2D eigenvalue weighted by Crippen LogP contribution is -2.36. The van der Waals surface area contributed by atoms with Gasteiger partial charge in [0.1, 0.15) is 0 Å². The summed E-state index contributed by atoms with van der Waals surface area (Å²) in [5, 5.41) is -0.683. The van der Waals surface area contributed by atoms with Crippen molar-refractivity contribution in [1.29, 1.82) is 0 Å². The third-order valence-electron chi connectivity index (χ3n) is 1.33. The summed E-state index contributed by atoms with van der Waals surface area (Å²) >= 11 is 0. The lowest BCUT2D eigenvalue weighted by molar-refractivity contribution is -0.204. The molecule has 0 radical (unpaired) electrons. The van der Waals surface area contributed by atoms with E-state index in [-0.39, 0.29) is 19.0 Å². The van der Waals surface area contributed by atoms with Crippen LogP contribution >= 0.6 is 12.4 Å². The molecule has 1 rings (SSSR count). The van der Waals surface area contributed by atoms with Crippen molar-refractivity contribution < 1.29 is 18.0 Å². The number of rotatable bonds is 2. The molecule has 6 heteroatoms. The fourth-order valence-electron chi connectivity index (χ4n) is 0.796. The molecule has 0 atom stereocenters. The number of ether oxygens (including phenoxy) is 1. The molecular weight excluding hydrogens is 207 g/mol. The van der Waals surface area contributed by atoms with Crippen LogP contribution in [0.5, 0.6) is 0 Å². The van der Waals surface area contributed by atoms with Gasteiger partial charge in [0, 0.05) is 6.20 Å². The smallest absolute Gasteiger partial charge is 0.408 e. The molecule has 0 unspecified atom stereocenters. The topological polar surface area (TPSA) is 12.5 Å². The van der Waals surface area contributed by atoms with Crippen LogP contribution in [-0.2, 0) is 4.74 Å². The van der Waals surface area contributed by atoms with Gasteiger partial charge in [-0.15, -0.1) is 17.5 Å². The zero-order valence-electron chi connectivity index (χ0n) is 6.84. The van der Waals surface area contributed by atoms with Crippen LogP contribution in [0.4, 0.5) is 13.3 Å². The molecule has 0 amide bonds. The first-order valence-corrected chi connectivity index (χ1v) is 3.43. The highest BCUT2D eigenvalue weighted by atomic mass is 35.5. The van der Waals surface area contributed by atoms with Crippen LogP contribution in [0.25, 0.3) is 0 Å². The summed E-state index contributed by atoms with van der Waals surface area (Å²) in [4.78, 5) is 0. The van der Waals surface area contributed by atoms with Crippen LogP contribution in [0.3, 0.4) is 0 Å². The highest BCUT2D eigenvalue weighted by Gasteiger charge is 2.44. The average molecular weight is 216 g/mol. The van der Waals surface area contributed by atoms with Crippen LogP contribution < -0.4 is 0 Å². The maximum atomic E-state index is 12.8. The summed E-state index contributed by atoms with van der Waals surface area (Å²) in [5.74, 6) is -0.671. The average Bonchev–Trinajstić information content (AvgIpc) is 2.00. The summed E-state index contributed by atoms with van der Waals surface area (Å²) in [5.41, 5.74) is 0. The number of hydrogen-bond donors (Lipinski definition) is 0. The molecule has 0 aromatic carbocycles. The quantitative estimate of drug-likeness (QED) is 0.519. The predicted molar refractivity (Wildman–Crippen MR) is 44.0 cm³/mol. The molecular formula is C7H9ClF3NO. The Morgan fingerprint density at radius 2 is 2.15 bits per heavy atom. The van der Waals surface area contributed by atoms with Gasteiger partial charge in [0.25, 0.3) is 0 Å². The Morgan fingerprint density at radius 1 is 1.54 bits per heavy atom. The van der Waals surface area contributed by atoms with Gasteiger partial charge in [-0.1, -0.05) is 4.48 Å². The molecule has 2 nitrogen and oxygen atoms in total. The van der Waals surface area contributed by atoms with E-state index in [1.54, 1.807) is 6.92 Å². The first kappa shape index (κ1) is 12.2. The van der Waals surface area contributed by atoms with Crippen molar-refractivity contribution in [2.45, 2.75) is 13.0 Å². The fraction of sp³-hybridized carbons (Fsp3) is 0.429. The van der Waals surface area contributed by atoms with E-state index >= 15 is 0 Å². The van der Waals surface area contributed by atoms with Crippen molar-refractivity contribution in [3.8, 4) is 0 Å². The summed E-state index contributed by atoms with van der Waals surface area (Å²) < 4.78 is 42.5. The van der Waals surface area contributed by atoms with E-state index in [1.807, 2.05) is 0 Å². The Bertz CT molecular complexity index is 230. The predicted octanol–water partition coefficient (Wildman–Crippen LogP) is 2.64. The summed E-state index contributed by atoms with van der Waals surface area (Å²) in [6.07, 6.45) is 2.84. The summed E-state index contributed by atoms with van der Waals surface area (Å²) in [6.45, 7) is 1.64. The molecule has 76 valence electrons.